The molecule has 76 valence electrons. The Kier molecular flexibility index (Phi) is 3.11. The van der Waals surface area contributed by atoms with Gasteiger partial charge in [0, 0.05) is 12.7 Å². The quantitative estimate of drug-likeness (QED) is 0.781. The van der Waals surface area contributed by atoms with E-state index in [1.54, 1.807) is 0 Å². The molecule has 0 aromatic carbocycles. The fourth-order valence-corrected chi connectivity index (χ4v) is 1.84. The summed E-state index contributed by atoms with van der Waals surface area (Å²) >= 11 is 0. The van der Waals surface area contributed by atoms with Crippen molar-refractivity contribution in [2.75, 3.05) is 13.1 Å². The van der Waals surface area contributed by atoms with Crippen LogP contribution in [0.15, 0.2) is 18.3 Å². The summed E-state index contributed by atoms with van der Waals surface area (Å²) in [6, 6.07) is 3.95. The Labute approximate surface area is 84.4 Å². The summed E-state index contributed by atoms with van der Waals surface area (Å²) in [5.74, 6) is 0. The summed E-state index contributed by atoms with van der Waals surface area (Å²) < 4.78 is 0. The summed E-state index contributed by atoms with van der Waals surface area (Å²) in [5.41, 5.74) is 1.99. The zero-order valence-electron chi connectivity index (χ0n) is 8.32. The van der Waals surface area contributed by atoms with Crippen molar-refractivity contribution in [3.05, 3.63) is 29.6 Å². The Morgan fingerprint density at radius 1 is 1.29 bits per heavy atom. The van der Waals surface area contributed by atoms with E-state index in [0.29, 0.717) is 0 Å². The number of aliphatic hydroxyl groups is 1. The number of pyridine rings is 1. The first-order chi connectivity index (χ1) is 6.88. The minimum atomic E-state index is 0.0317. The number of hydrogen-bond acceptors (Lipinski definition) is 3. The predicted molar refractivity (Wildman–Crippen MR) is 54.7 cm³/mol. The number of nitrogens with zero attached hydrogens (tertiary/aromatic N) is 2. The number of aliphatic hydroxyl groups excluding tert-OH is 1. The van der Waals surface area contributed by atoms with Crippen LogP contribution in [0, 0.1) is 0 Å². The maximum absolute atomic E-state index is 8.84. The van der Waals surface area contributed by atoms with E-state index in [1.807, 2.05) is 12.3 Å². The minimum Gasteiger partial charge on any atom is -0.390 e. The van der Waals surface area contributed by atoms with Crippen LogP contribution in [-0.4, -0.2) is 28.1 Å². The standard InChI is InChI=1S/C11H16N2O/c14-9-11-4-3-10(7-12-11)8-13-5-1-2-6-13/h3-4,7,14H,1-2,5-6,8-9H2. The molecular formula is C11H16N2O. The number of hydrogen-bond donors (Lipinski definition) is 1. The van der Waals surface area contributed by atoms with Crippen LogP contribution in [0.2, 0.25) is 0 Å². The number of rotatable bonds is 3. The molecule has 0 saturated carbocycles. The first-order valence-electron chi connectivity index (χ1n) is 5.15. The first kappa shape index (κ1) is 9.62. The van der Waals surface area contributed by atoms with E-state index in [4.69, 9.17) is 5.11 Å². The van der Waals surface area contributed by atoms with Crippen molar-refractivity contribution in [1.29, 1.82) is 0 Å². The van der Waals surface area contributed by atoms with Gasteiger partial charge in [0.05, 0.1) is 12.3 Å². The van der Waals surface area contributed by atoms with Crippen LogP contribution < -0.4 is 0 Å². The van der Waals surface area contributed by atoms with Crippen molar-refractivity contribution in [3.63, 3.8) is 0 Å². The van der Waals surface area contributed by atoms with E-state index in [9.17, 15) is 0 Å². The van der Waals surface area contributed by atoms with Crippen molar-refractivity contribution >= 4 is 0 Å². The number of likely N-dealkylation sites (tertiary alicyclic amines) is 1. The van der Waals surface area contributed by atoms with Gasteiger partial charge in [0.25, 0.3) is 0 Å². The van der Waals surface area contributed by atoms with Crippen LogP contribution in [0.4, 0.5) is 0 Å². The monoisotopic (exact) mass is 192 g/mol. The molecule has 1 fully saturated rings. The Hall–Kier alpha value is -0.930. The van der Waals surface area contributed by atoms with Crippen LogP contribution in [-0.2, 0) is 13.2 Å². The smallest absolute Gasteiger partial charge is 0.0852 e. The van der Waals surface area contributed by atoms with Crippen LogP contribution >= 0.6 is 0 Å². The van der Waals surface area contributed by atoms with Crippen molar-refractivity contribution < 1.29 is 5.11 Å². The normalized spacial score (nSPS) is 17.5. The van der Waals surface area contributed by atoms with E-state index in [0.717, 1.165) is 12.2 Å². The lowest BCUT2D eigenvalue weighted by atomic mass is 10.2. The van der Waals surface area contributed by atoms with Crippen LogP contribution in [0.3, 0.4) is 0 Å². The zero-order chi connectivity index (χ0) is 9.80. The van der Waals surface area contributed by atoms with E-state index >= 15 is 0 Å². The van der Waals surface area contributed by atoms with Crippen LogP contribution in [0.1, 0.15) is 24.1 Å². The first-order valence-corrected chi connectivity index (χ1v) is 5.15. The Balaban J connectivity index is 1.95. The molecule has 2 heterocycles. The van der Waals surface area contributed by atoms with E-state index in [2.05, 4.69) is 16.0 Å². The summed E-state index contributed by atoms with van der Waals surface area (Å²) in [6.45, 7) is 3.45. The van der Waals surface area contributed by atoms with Gasteiger partial charge in [-0.2, -0.15) is 0 Å². The third-order valence-electron chi connectivity index (χ3n) is 2.65. The molecule has 3 nitrogen and oxygen atoms in total. The summed E-state index contributed by atoms with van der Waals surface area (Å²) in [4.78, 5) is 6.60. The zero-order valence-corrected chi connectivity index (χ0v) is 8.32. The molecule has 0 spiro atoms. The van der Waals surface area contributed by atoms with E-state index in [1.165, 1.54) is 31.5 Å². The molecule has 0 amide bonds. The third-order valence-corrected chi connectivity index (χ3v) is 2.65. The third kappa shape index (κ3) is 2.30. The average Bonchev–Trinajstić information content (AvgIpc) is 2.72. The molecule has 1 N–H and O–H groups in total. The van der Waals surface area contributed by atoms with Gasteiger partial charge in [-0.25, -0.2) is 0 Å². The maximum Gasteiger partial charge on any atom is 0.0852 e. The molecule has 0 atom stereocenters. The molecule has 1 aliphatic rings. The van der Waals surface area contributed by atoms with Gasteiger partial charge in [0.15, 0.2) is 0 Å². The Bertz CT molecular complexity index is 278. The fraction of sp³-hybridized carbons (Fsp3) is 0.545. The summed E-state index contributed by atoms with van der Waals surface area (Å²) in [5, 5.41) is 8.84. The molecule has 1 saturated heterocycles. The average molecular weight is 192 g/mol. The Morgan fingerprint density at radius 2 is 2.07 bits per heavy atom. The summed E-state index contributed by atoms with van der Waals surface area (Å²) in [6.07, 6.45) is 4.51. The predicted octanol–water partition coefficient (Wildman–Crippen LogP) is 1.17. The highest BCUT2D eigenvalue weighted by Crippen LogP contribution is 2.12. The molecule has 0 bridgehead atoms. The molecule has 1 aromatic rings. The molecule has 1 aliphatic heterocycles. The highest BCUT2D eigenvalue weighted by atomic mass is 16.3. The van der Waals surface area contributed by atoms with Crippen LogP contribution in [0.5, 0.6) is 0 Å². The highest BCUT2D eigenvalue weighted by Gasteiger charge is 2.11. The topological polar surface area (TPSA) is 36.4 Å². The molecule has 0 radical (unpaired) electrons. The second kappa shape index (κ2) is 4.53. The molecule has 0 aliphatic carbocycles. The fourth-order valence-electron chi connectivity index (χ4n) is 1.84. The lowest BCUT2D eigenvalue weighted by Gasteiger charge is -2.13. The van der Waals surface area contributed by atoms with Gasteiger partial charge in [-0.3, -0.25) is 9.88 Å². The molecule has 14 heavy (non-hydrogen) atoms. The molecule has 2 rings (SSSR count). The van der Waals surface area contributed by atoms with E-state index < -0.39 is 0 Å². The Morgan fingerprint density at radius 3 is 2.64 bits per heavy atom. The second-order valence-electron chi connectivity index (χ2n) is 3.80. The molecule has 3 heteroatoms. The maximum atomic E-state index is 8.84. The molecule has 0 unspecified atom stereocenters. The largest absolute Gasteiger partial charge is 0.390 e. The molecular weight excluding hydrogens is 176 g/mol. The summed E-state index contributed by atoms with van der Waals surface area (Å²) in [7, 11) is 0. The van der Waals surface area contributed by atoms with Gasteiger partial charge < -0.3 is 5.11 Å². The lowest BCUT2D eigenvalue weighted by molar-refractivity contribution is 0.276. The van der Waals surface area contributed by atoms with Gasteiger partial charge >= 0.3 is 0 Å². The molecule has 1 aromatic heterocycles. The van der Waals surface area contributed by atoms with Crippen molar-refractivity contribution in [2.24, 2.45) is 0 Å². The van der Waals surface area contributed by atoms with Gasteiger partial charge in [-0.05, 0) is 37.6 Å². The highest BCUT2D eigenvalue weighted by molar-refractivity contribution is 5.13. The van der Waals surface area contributed by atoms with E-state index in [-0.39, 0.29) is 6.61 Å². The second-order valence-corrected chi connectivity index (χ2v) is 3.80. The van der Waals surface area contributed by atoms with Gasteiger partial charge in [-0.15, -0.1) is 0 Å². The van der Waals surface area contributed by atoms with Crippen molar-refractivity contribution in [3.8, 4) is 0 Å². The van der Waals surface area contributed by atoms with Gasteiger partial charge in [0.2, 0.25) is 0 Å². The van der Waals surface area contributed by atoms with Gasteiger partial charge in [0.1, 0.15) is 0 Å². The van der Waals surface area contributed by atoms with Crippen molar-refractivity contribution in [2.45, 2.75) is 26.0 Å². The minimum absolute atomic E-state index is 0.0317. The lowest BCUT2D eigenvalue weighted by Crippen LogP contribution is -2.18. The van der Waals surface area contributed by atoms with Crippen molar-refractivity contribution in [1.82, 2.24) is 9.88 Å². The van der Waals surface area contributed by atoms with Gasteiger partial charge in [-0.1, -0.05) is 6.07 Å². The SMILES string of the molecule is OCc1ccc(CN2CCCC2)cn1. The van der Waals surface area contributed by atoms with Crippen LogP contribution in [0.25, 0.3) is 0 Å². The number of aromatic nitrogens is 1.